The monoisotopic (exact) mass is 230 g/mol. The summed E-state index contributed by atoms with van der Waals surface area (Å²) in [6, 6.07) is 8.30. The summed E-state index contributed by atoms with van der Waals surface area (Å²) in [6.45, 7) is 0.584. The molecule has 0 aliphatic heterocycles. The molecule has 1 aromatic heterocycles. The maximum absolute atomic E-state index is 5.76. The van der Waals surface area contributed by atoms with E-state index in [2.05, 4.69) is 18.2 Å². The number of fused-ring (bicyclic) bond motifs is 1. The summed E-state index contributed by atoms with van der Waals surface area (Å²) >= 11 is 1.84. The summed E-state index contributed by atoms with van der Waals surface area (Å²) in [7, 11) is 0. The maximum atomic E-state index is 5.76. The quantitative estimate of drug-likeness (QED) is 0.861. The van der Waals surface area contributed by atoms with Gasteiger partial charge in [0, 0.05) is 17.0 Å². The van der Waals surface area contributed by atoms with Crippen molar-refractivity contribution in [1.29, 1.82) is 0 Å². The van der Waals surface area contributed by atoms with Crippen LogP contribution in [0.25, 0.3) is 10.6 Å². The van der Waals surface area contributed by atoms with Crippen LogP contribution in [0.3, 0.4) is 0 Å². The molecule has 3 rings (SSSR count). The van der Waals surface area contributed by atoms with Gasteiger partial charge in [0.2, 0.25) is 0 Å². The molecule has 1 aromatic carbocycles. The molecule has 0 spiro atoms. The van der Waals surface area contributed by atoms with Crippen molar-refractivity contribution in [3.05, 3.63) is 40.4 Å². The Hall–Kier alpha value is -1.19. The second-order valence-electron chi connectivity index (χ2n) is 4.10. The Labute approximate surface area is 99.1 Å². The first-order valence-corrected chi connectivity index (χ1v) is 6.47. The Bertz CT molecular complexity index is 495. The normalized spacial score (nSPS) is 14.1. The first-order valence-electron chi connectivity index (χ1n) is 5.65. The average molecular weight is 230 g/mol. The van der Waals surface area contributed by atoms with Crippen molar-refractivity contribution in [3.63, 3.8) is 0 Å². The fourth-order valence-corrected chi connectivity index (χ4v) is 3.42. The van der Waals surface area contributed by atoms with Gasteiger partial charge < -0.3 is 5.73 Å². The van der Waals surface area contributed by atoms with Crippen LogP contribution in [0.1, 0.15) is 22.6 Å². The number of aromatic nitrogens is 1. The molecule has 0 saturated heterocycles. The lowest BCUT2D eigenvalue weighted by atomic mass is 10.1. The summed E-state index contributed by atoms with van der Waals surface area (Å²) in [5.41, 5.74) is 9.47. The van der Waals surface area contributed by atoms with E-state index < -0.39 is 0 Å². The molecule has 2 N–H and O–H groups in total. The van der Waals surface area contributed by atoms with E-state index in [0.717, 1.165) is 11.4 Å². The Morgan fingerprint density at radius 3 is 2.94 bits per heavy atom. The standard InChI is InChI=1S/C13H14N2S/c14-8-9-4-1-2-5-10(9)13-15-11-6-3-7-12(11)16-13/h1-2,4-5H,3,6-8,14H2. The predicted octanol–water partition coefficient (Wildman–Crippen LogP) is 2.76. The zero-order valence-electron chi connectivity index (χ0n) is 9.07. The number of thiazole rings is 1. The molecule has 1 aliphatic carbocycles. The first-order chi connectivity index (χ1) is 7.88. The Kier molecular flexibility index (Phi) is 2.50. The molecule has 1 heterocycles. The average Bonchev–Trinajstić information content (AvgIpc) is 2.89. The number of rotatable bonds is 2. The number of benzene rings is 1. The van der Waals surface area contributed by atoms with Crippen molar-refractivity contribution in [1.82, 2.24) is 4.98 Å². The van der Waals surface area contributed by atoms with Gasteiger partial charge in [-0.25, -0.2) is 4.98 Å². The van der Waals surface area contributed by atoms with Gasteiger partial charge in [-0.3, -0.25) is 0 Å². The highest BCUT2D eigenvalue weighted by Gasteiger charge is 2.18. The van der Waals surface area contributed by atoms with Gasteiger partial charge in [-0.2, -0.15) is 0 Å². The van der Waals surface area contributed by atoms with Crippen molar-refractivity contribution in [3.8, 4) is 10.6 Å². The minimum Gasteiger partial charge on any atom is -0.326 e. The second-order valence-corrected chi connectivity index (χ2v) is 5.19. The molecular weight excluding hydrogens is 216 g/mol. The first kappa shape index (κ1) is 10.00. The van der Waals surface area contributed by atoms with Crippen molar-refractivity contribution in [2.24, 2.45) is 5.73 Å². The van der Waals surface area contributed by atoms with E-state index in [-0.39, 0.29) is 0 Å². The summed E-state index contributed by atoms with van der Waals surface area (Å²) in [5, 5.41) is 1.14. The molecule has 0 bridgehead atoms. The van der Waals surface area contributed by atoms with E-state index >= 15 is 0 Å². The van der Waals surface area contributed by atoms with Crippen molar-refractivity contribution >= 4 is 11.3 Å². The summed E-state index contributed by atoms with van der Waals surface area (Å²) in [4.78, 5) is 6.21. The van der Waals surface area contributed by atoms with Crippen LogP contribution < -0.4 is 5.73 Å². The molecule has 2 aromatic rings. The minimum absolute atomic E-state index is 0.584. The van der Waals surface area contributed by atoms with Gasteiger partial charge in [0.05, 0.1) is 5.69 Å². The van der Waals surface area contributed by atoms with Crippen LogP contribution in [0.2, 0.25) is 0 Å². The largest absolute Gasteiger partial charge is 0.326 e. The third-order valence-electron chi connectivity index (χ3n) is 3.06. The van der Waals surface area contributed by atoms with Crippen molar-refractivity contribution in [2.45, 2.75) is 25.8 Å². The molecule has 0 atom stereocenters. The summed E-state index contributed by atoms with van der Waals surface area (Å²) < 4.78 is 0. The van der Waals surface area contributed by atoms with Gasteiger partial charge in [0.1, 0.15) is 5.01 Å². The number of hydrogen-bond acceptors (Lipinski definition) is 3. The van der Waals surface area contributed by atoms with Crippen molar-refractivity contribution < 1.29 is 0 Å². The fourth-order valence-electron chi connectivity index (χ4n) is 2.21. The number of aryl methyl sites for hydroxylation is 2. The fraction of sp³-hybridized carbons (Fsp3) is 0.308. The number of hydrogen-bond donors (Lipinski definition) is 1. The minimum atomic E-state index is 0.584. The molecule has 82 valence electrons. The summed E-state index contributed by atoms with van der Waals surface area (Å²) in [5.74, 6) is 0. The number of nitrogens with zero attached hydrogens (tertiary/aromatic N) is 1. The predicted molar refractivity (Wildman–Crippen MR) is 67.5 cm³/mol. The lowest BCUT2D eigenvalue weighted by Gasteiger charge is -2.03. The molecule has 3 heteroatoms. The molecular formula is C13H14N2S. The highest BCUT2D eigenvalue weighted by Crippen LogP contribution is 2.34. The maximum Gasteiger partial charge on any atom is 0.124 e. The third kappa shape index (κ3) is 1.56. The molecule has 2 nitrogen and oxygen atoms in total. The Morgan fingerprint density at radius 2 is 2.12 bits per heavy atom. The lowest BCUT2D eigenvalue weighted by Crippen LogP contribution is -1.98. The van der Waals surface area contributed by atoms with E-state index in [1.165, 1.54) is 34.5 Å². The zero-order valence-corrected chi connectivity index (χ0v) is 9.89. The molecule has 16 heavy (non-hydrogen) atoms. The van der Waals surface area contributed by atoms with Gasteiger partial charge in [-0.05, 0) is 24.8 Å². The highest BCUT2D eigenvalue weighted by atomic mass is 32.1. The summed E-state index contributed by atoms with van der Waals surface area (Å²) in [6.07, 6.45) is 3.63. The highest BCUT2D eigenvalue weighted by molar-refractivity contribution is 7.15. The van der Waals surface area contributed by atoms with Crippen LogP contribution in [0.15, 0.2) is 24.3 Å². The van der Waals surface area contributed by atoms with Crippen LogP contribution in [-0.2, 0) is 19.4 Å². The topological polar surface area (TPSA) is 38.9 Å². The molecule has 0 fully saturated rings. The van der Waals surface area contributed by atoms with Gasteiger partial charge in [-0.15, -0.1) is 11.3 Å². The molecule has 0 amide bonds. The van der Waals surface area contributed by atoms with Gasteiger partial charge in [-0.1, -0.05) is 24.3 Å². The van der Waals surface area contributed by atoms with Crippen LogP contribution in [0.4, 0.5) is 0 Å². The SMILES string of the molecule is NCc1ccccc1-c1nc2c(s1)CCC2. The zero-order chi connectivity index (χ0) is 11.0. The molecule has 1 aliphatic rings. The van der Waals surface area contributed by atoms with E-state index in [4.69, 9.17) is 10.7 Å². The third-order valence-corrected chi connectivity index (χ3v) is 4.25. The Balaban J connectivity index is 2.08. The molecule has 0 radical (unpaired) electrons. The van der Waals surface area contributed by atoms with Crippen molar-refractivity contribution in [2.75, 3.05) is 0 Å². The van der Waals surface area contributed by atoms with Crippen LogP contribution in [0.5, 0.6) is 0 Å². The number of nitrogens with two attached hydrogens (primary N) is 1. The molecule has 0 unspecified atom stereocenters. The van der Waals surface area contributed by atoms with E-state index in [0.29, 0.717) is 6.54 Å². The van der Waals surface area contributed by atoms with E-state index in [1.807, 2.05) is 17.4 Å². The van der Waals surface area contributed by atoms with Gasteiger partial charge >= 0.3 is 0 Å². The van der Waals surface area contributed by atoms with Gasteiger partial charge in [0.15, 0.2) is 0 Å². The smallest absolute Gasteiger partial charge is 0.124 e. The van der Waals surface area contributed by atoms with Gasteiger partial charge in [0.25, 0.3) is 0 Å². The Morgan fingerprint density at radius 1 is 1.25 bits per heavy atom. The van der Waals surface area contributed by atoms with E-state index in [9.17, 15) is 0 Å². The van der Waals surface area contributed by atoms with Crippen LogP contribution in [-0.4, -0.2) is 4.98 Å². The van der Waals surface area contributed by atoms with E-state index in [1.54, 1.807) is 0 Å². The van der Waals surface area contributed by atoms with Crippen LogP contribution >= 0.6 is 11.3 Å². The molecule has 0 saturated carbocycles. The second kappa shape index (κ2) is 4.00. The van der Waals surface area contributed by atoms with Crippen LogP contribution in [0, 0.1) is 0 Å². The lowest BCUT2D eigenvalue weighted by molar-refractivity contribution is 0.900.